The van der Waals surface area contributed by atoms with Gasteiger partial charge in [0.25, 0.3) is 0 Å². The Bertz CT molecular complexity index is 648. The van der Waals surface area contributed by atoms with Crippen molar-refractivity contribution in [2.45, 2.75) is 14.4 Å². The molecule has 0 aliphatic heterocycles. The SMILES string of the molecule is CSc1nnc(SCc2nc(-c3cccs3)no2)s1. The van der Waals surface area contributed by atoms with Gasteiger partial charge in [0.1, 0.15) is 0 Å². The van der Waals surface area contributed by atoms with E-state index < -0.39 is 0 Å². The lowest BCUT2D eigenvalue weighted by Crippen LogP contribution is -1.80. The number of thioether (sulfide) groups is 2. The molecule has 0 spiro atoms. The summed E-state index contributed by atoms with van der Waals surface area (Å²) in [5, 5.41) is 14.1. The molecule has 3 aromatic rings. The van der Waals surface area contributed by atoms with Crippen LogP contribution in [0.1, 0.15) is 5.89 Å². The number of rotatable bonds is 5. The third-order valence-electron chi connectivity index (χ3n) is 2.09. The molecule has 9 heteroatoms. The van der Waals surface area contributed by atoms with Crippen molar-refractivity contribution in [3.63, 3.8) is 0 Å². The van der Waals surface area contributed by atoms with Gasteiger partial charge in [-0.05, 0) is 17.7 Å². The monoisotopic (exact) mass is 328 g/mol. The number of thiophene rings is 1. The van der Waals surface area contributed by atoms with Crippen LogP contribution in [0.4, 0.5) is 0 Å². The maximum absolute atomic E-state index is 5.22. The first kappa shape index (κ1) is 13.1. The van der Waals surface area contributed by atoms with Crippen LogP contribution in [0.15, 0.2) is 30.7 Å². The molecule has 0 amide bonds. The summed E-state index contributed by atoms with van der Waals surface area (Å²) in [6, 6.07) is 3.94. The van der Waals surface area contributed by atoms with E-state index in [4.69, 9.17) is 4.52 Å². The second-order valence-corrected chi connectivity index (χ2v) is 7.52. The molecule has 0 N–H and O–H groups in total. The molecule has 19 heavy (non-hydrogen) atoms. The molecule has 0 radical (unpaired) electrons. The summed E-state index contributed by atoms with van der Waals surface area (Å²) in [7, 11) is 0. The van der Waals surface area contributed by atoms with E-state index in [1.165, 1.54) is 0 Å². The van der Waals surface area contributed by atoms with Gasteiger partial charge < -0.3 is 4.52 Å². The first-order chi connectivity index (χ1) is 9.35. The van der Waals surface area contributed by atoms with E-state index in [1.54, 1.807) is 46.2 Å². The van der Waals surface area contributed by atoms with Crippen LogP contribution in [0, 0.1) is 0 Å². The third kappa shape index (κ3) is 3.16. The van der Waals surface area contributed by atoms with Crippen molar-refractivity contribution in [1.29, 1.82) is 0 Å². The van der Waals surface area contributed by atoms with Gasteiger partial charge in [0.15, 0.2) is 8.68 Å². The van der Waals surface area contributed by atoms with E-state index in [0.29, 0.717) is 17.5 Å². The Morgan fingerprint density at radius 3 is 2.95 bits per heavy atom. The Morgan fingerprint density at radius 2 is 2.21 bits per heavy atom. The summed E-state index contributed by atoms with van der Waals surface area (Å²) in [6.07, 6.45) is 1.99. The molecule has 3 heterocycles. The predicted molar refractivity (Wildman–Crippen MR) is 78.9 cm³/mol. The molecule has 3 rings (SSSR count). The summed E-state index contributed by atoms with van der Waals surface area (Å²) in [4.78, 5) is 5.37. The summed E-state index contributed by atoms with van der Waals surface area (Å²) in [5.74, 6) is 1.86. The molecule has 3 aromatic heterocycles. The molecule has 0 saturated heterocycles. The summed E-state index contributed by atoms with van der Waals surface area (Å²) in [5.41, 5.74) is 0. The van der Waals surface area contributed by atoms with Crippen LogP contribution < -0.4 is 0 Å². The number of nitrogens with zero attached hydrogens (tertiary/aromatic N) is 4. The highest BCUT2D eigenvalue weighted by Gasteiger charge is 2.11. The van der Waals surface area contributed by atoms with Crippen LogP contribution >= 0.6 is 46.2 Å². The molecule has 0 aliphatic carbocycles. The van der Waals surface area contributed by atoms with Crippen molar-refractivity contribution in [3.05, 3.63) is 23.4 Å². The predicted octanol–water partition coefficient (Wildman–Crippen LogP) is 3.66. The quantitative estimate of drug-likeness (QED) is 0.662. The zero-order chi connectivity index (χ0) is 13.1. The van der Waals surface area contributed by atoms with Crippen LogP contribution in [-0.2, 0) is 5.75 Å². The van der Waals surface area contributed by atoms with Gasteiger partial charge in [-0.2, -0.15) is 4.98 Å². The molecular formula is C10H8N4OS4. The topological polar surface area (TPSA) is 64.7 Å². The fraction of sp³-hybridized carbons (Fsp3) is 0.200. The average Bonchev–Trinajstić information content (AvgIpc) is 3.16. The van der Waals surface area contributed by atoms with E-state index >= 15 is 0 Å². The first-order valence-corrected chi connectivity index (χ1v) is 9.12. The fourth-order valence-corrected chi connectivity index (χ4v) is 4.21. The second kappa shape index (κ2) is 6.04. The average molecular weight is 328 g/mol. The van der Waals surface area contributed by atoms with Crippen LogP contribution in [0.25, 0.3) is 10.7 Å². The Morgan fingerprint density at radius 1 is 1.32 bits per heavy atom. The summed E-state index contributed by atoms with van der Waals surface area (Å²) in [6.45, 7) is 0. The zero-order valence-electron chi connectivity index (χ0n) is 9.77. The van der Waals surface area contributed by atoms with Crippen molar-refractivity contribution in [3.8, 4) is 10.7 Å². The van der Waals surface area contributed by atoms with Gasteiger partial charge in [-0.3, -0.25) is 0 Å². The van der Waals surface area contributed by atoms with Gasteiger partial charge in [-0.15, -0.1) is 21.5 Å². The minimum Gasteiger partial charge on any atom is -0.338 e. The largest absolute Gasteiger partial charge is 0.338 e. The molecule has 0 bridgehead atoms. The normalized spacial score (nSPS) is 11.0. The van der Waals surface area contributed by atoms with Crippen molar-refractivity contribution >= 4 is 46.2 Å². The van der Waals surface area contributed by atoms with E-state index in [1.807, 2.05) is 23.8 Å². The minimum atomic E-state index is 0.606. The van der Waals surface area contributed by atoms with Gasteiger partial charge >= 0.3 is 0 Å². The van der Waals surface area contributed by atoms with Crippen molar-refractivity contribution in [2.75, 3.05) is 6.26 Å². The molecular weight excluding hydrogens is 320 g/mol. The van der Waals surface area contributed by atoms with Crippen LogP contribution in [0.3, 0.4) is 0 Å². The van der Waals surface area contributed by atoms with E-state index in [-0.39, 0.29) is 0 Å². The molecule has 0 unspecified atom stereocenters. The summed E-state index contributed by atoms with van der Waals surface area (Å²) < 4.78 is 7.10. The number of hydrogen-bond acceptors (Lipinski definition) is 9. The Balaban J connectivity index is 1.64. The van der Waals surface area contributed by atoms with E-state index in [9.17, 15) is 0 Å². The second-order valence-electron chi connectivity index (χ2n) is 3.32. The van der Waals surface area contributed by atoms with Crippen LogP contribution in [-0.4, -0.2) is 26.6 Å². The van der Waals surface area contributed by atoms with Crippen molar-refractivity contribution in [1.82, 2.24) is 20.3 Å². The van der Waals surface area contributed by atoms with Crippen LogP contribution in [0.2, 0.25) is 0 Å². The molecule has 0 atom stereocenters. The fourth-order valence-electron chi connectivity index (χ4n) is 1.28. The number of aromatic nitrogens is 4. The highest BCUT2D eigenvalue weighted by Crippen LogP contribution is 2.30. The van der Waals surface area contributed by atoms with Gasteiger partial charge in [-0.1, -0.05) is 46.1 Å². The highest BCUT2D eigenvalue weighted by molar-refractivity contribution is 8.02. The lowest BCUT2D eigenvalue weighted by Gasteiger charge is -1.89. The van der Waals surface area contributed by atoms with Gasteiger partial charge in [0.2, 0.25) is 11.7 Å². The highest BCUT2D eigenvalue weighted by atomic mass is 32.2. The lowest BCUT2D eigenvalue weighted by atomic mass is 10.4. The molecule has 5 nitrogen and oxygen atoms in total. The third-order valence-corrected chi connectivity index (χ3v) is 5.97. The van der Waals surface area contributed by atoms with Crippen LogP contribution in [0.5, 0.6) is 0 Å². The molecule has 98 valence electrons. The maximum Gasteiger partial charge on any atom is 0.237 e. The number of hydrogen-bond donors (Lipinski definition) is 0. The molecule has 0 fully saturated rings. The Kier molecular flexibility index (Phi) is 4.16. The summed E-state index contributed by atoms with van der Waals surface area (Å²) >= 11 is 6.32. The van der Waals surface area contributed by atoms with Gasteiger partial charge in [0.05, 0.1) is 10.6 Å². The molecule has 0 aromatic carbocycles. The van der Waals surface area contributed by atoms with Gasteiger partial charge in [-0.25, -0.2) is 0 Å². The van der Waals surface area contributed by atoms with Gasteiger partial charge in [0, 0.05) is 0 Å². The van der Waals surface area contributed by atoms with E-state index in [2.05, 4.69) is 20.3 Å². The molecule has 0 aliphatic rings. The maximum atomic E-state index is 5.22. The lowest BCUT2D eigenvalue weighted by molar-refractivity contribution is 0.392. The Hall–Kier alpha value is -0.900. The molecule has 0 saturated carbocycles. The van der Waals surface area contributed by atoms with Crippen molar-refractivity contribution in [2.24, 2.45) is 0 Å². The Labute approximate surface area is 125 Å². The standard InChI is InChI=1S/C10H8N4OS4/c1-16-9-12-13-10(19-9)18-5-7-11-8(14-15-7)6-3-2-4-17-6/h2-4H,5H2,1H3. The first-order valence-electron chi connectivity index (χ1n) is 5.22. The van der Waals surface area contributed by atoms with E-state index in [0.717, 1.165) is 13.6 Å². The smallest absolute Gasteiger partial charge is 0.237 e. The minimum absolute atomic E-state index is 0.606. The van der Waals surface area contributed by atoms with Crippen molar-refractivity contribution < 1.29 is 4.52 Å². The zero-order valence-corrected chi connectivity index (χ0v) is 13.0.